The SMILES string of the molecule is CCNC(=NCCN(C)Cc1ccccc1)NCCOCC. The van der Waals surface area contributed by atoms with E-state index in [2.05, 4.69) is 58.8 Å². The van der Waals surface area contributed by atoms with Crippen LogP contribution in [0.4, 0.5) is 0 Å². The fraction of sp³-hybridized carbons (Fsp3) is 0.588. The van der Waals surface area contributed by atoms with Crippen LogP contribution in [-0.4, -0.2) is 57.3 Å². The van der Waals surface area contributed by atoms with Crippen molar-refractivity contribution in [1.29, 1.82) is 0 Å². The first kappa shape index (κ1) is 18.5. The lowest BCUT2D eigenvalue weighted by Crippen LogP contribution is -2.39. The van der Waals surface area contributed by atoms with Crippen molar-refractivity contribution in [3.63, 3.8) is 0 Å². The smallest absolute Gasteiger partial charge is 0.191 e. The highest BCUT2D eigenvalue weighted by molar-refractivity contribution is 5.79. The summed E-state index contributed by atoms with van der Waals surface area (Å²) in [5.74, 6) is 0.857. The Balaban J connectivity index is 2.29. The summed E-state index contributed by atoms with van der Waals surface area (Å²) in [6, 6.07) is 10.5. The number of rotatable bonds is 10. The molecule has 0 bridgehead atoms. The van der Waals surface area contributed by atoms with Crippen LogP contribution in [0.15, 0.2) is 35.3 Å². The van der Waals surface area contributed by atoms with E-state index in [9.17, 15) is 0 Å². The Labute approximate surface area is 134 Å². The zero-order valence-electron chi connectivity index (χ0n) is 14.1. The minimum atomic E-state index is 0.703. The molecule has 0 amide bonds. The van der Waals surface area contributed by atoms with Gasteiger partial charge in [0, 0.05) is 32.8 Å². The molecule has 0 radical (unpaired) electrons. The summed E-state index contributed by atoms with van der Waals surface area (Å²) in [4.78, 5) is 6.87. The second-order valence-electron chi connectivity index (χ2n) is 5.11. The lowest BCUT2D eigenvalue weighted by molar-refractivity contribution is 0.152. The number of nitrogens with one attached hydrogen (secondary N) is 2. The van der Waals surface area contributed by atoms with Crippen molar-refractivity contribution in [2.24, 2.45) is 4.99 Å². The van der Waals surface area contributed by atoms with Gasteiger partial charge in [-0.1, -0.05) is 30.3 Å². The topological polar surface area (TPSA) is 48.9 Å². The summed E-state index contributed by atoms with van der Waals surface area (Å²) < 4.78 is 5.32. The van der Waals surface area contributed by atoms with Gasteiger partial charge in [-0.2, -0.15) is 0 Å². The molecule has 0 saturated heterocycles. The van der Waals surface area contributed by atoms with E-state index in [1.54, 1.807) is 0 Å². The summed E-state index contributed by atoms with van der Waals surface area (Å²) in [6.07, 6.45) is 0. The predicted molar refractivity (Wildman–Crippen MR) is 93.3 cm³/mol. The van der Waals surface area contributed by atoms with Crippen LogP contribution in [0.1, 0.15) is 19.4 Å². The lowest BCUT2D eigenvalue weighted by Gasteiger charge is -2.16. The van der Waals surface area contributed by atoms with Crippen LogP contribution in [0, 0.1) is 0 Å². The van der Waals surface area contributed by atoms with Gasteiger partial charge in [-0.15, -0.1) is 0 Å². The molecule has 5 nitrogen and oxygen atoms in total. The molecule has 0 aliphatic heterocycles. The Morgan fingerprint density at radius 1 is 1.18 bits per heavy atom. The van der Waals surface area contributed by atoms with Gasteiger partial charge in [-0.3, -0.25) is 4.99 Å². The van der Waals surface area contributed by atoms with Gasteiger partial charge in [0.15, 0.2) is 5.96 Å². The second kappa shape index (κ2) is 12.0. The Bertz CT molecular complexity index is 408. The number of hydrogen-bond acceptors (Lipinski definition) is 3. The van der Waals surface area contributed by atoms with Crippen molar-refractivity contribution in [3.8, 4) is 0 Å². The van der Waals surface area contributed by atoms with E-state index < -0.39 is 0 Å². The molecule has 0 atom stereocenters. The van der Waals surface area contributed by atoms with Gasteiger partial charge in [-0.25, -0.2) is 0 Å². The van der Waals surface area contributed by atoms with Crippen LogP contribution in [0.25, 0.3) is 0 Å². The fourth-order valence-electron chi connectivity index (χ4n) is 2.03. The van der Waals surface area contributed by atoms with Gasteiger partial charge in [0.05, 0.1) is 13.2 Å². The molecule has 5 heteroatoms. The quantitative estimate of drug-likeness (QED) is 0.392. The summed E-state index contributed by atoms with van der Waals surface area (Å²) >= 11 is 0. The zero-order valence-corrected chi connectivity index (χ0v) is 14.1. The summed E-state index contributed by atoms with van der Waals surface area (Å²) in [7, 11) is 2.12. The molecule has 2 N–H and O–H groups in total. The number of guanidine groups is 1. The highest BCUT2D eigenvalue weighted by Crippen LogP contribution is 2.01. The minimum absolute atomic E-state index is 0.703. The largest absolute Gasteiger partial charge is 0.380 e. The van der Waals surface area contributed by atoms with Crippen molar-refractivity contribution in [1.82, 2.24) is 15.5 Å². The molecule has 0 aromatic heterocycles. The first-order valence-electron chi connectivity index (χ1n) is 8.08. The van der Waals surface area contributed by atoms with Crippen LogP contribution in [-0.2, 0) is 11.3 Å². The van der Waals surface area contributed by atoms with E-state index in [0.717, 1.165) is 45.3 Å². The number of benzene rings is 1. The Morgan fingerprint density at radius 3 is 2.64 bits per heavy atom. The van der Waals surface area contributed by atoms with Gasteiger partial charge in [0.25, 0.3) is 0 Å². The van der Waals surface area contributed by atoms with E-state index in [4.69, 9.17) is 4.74 Å². The molecule has 1 rings (SSSR count). The third-order valence-corrected chi connectivity index (χ3v) is 3.13. The van der Waals surface area contributed by atoms with E-state index in [0.29, 0.717) is 6.61 Å². The van der Waals surface area contributed by atoms with Crippen LogP contribution >= 0.6 is 0 Å². The molecule has 0 spiro atoms. The number of aliphatic imine (C=N–C) groups is 1. The predicted octanol–water partition coefficient (Wildman–Crippen LogP) is 1.71. The van der Waals surface area contributed by atoms with E-state index in [-0.39, 0.29) is 0 Å². The monoisotopic (exact) mass is 306 g/mol. The van der Waals surface area contributed by atoms with E-state index in [1.165, 1.54) is 5.56 Å². The van der Waals surface area contributed by atoms with Gasteiger partial charge in [0.1, 0.15) is 0 Å². The summed E-state index contributed by atoms with van der Waals surface area (Å²) in [5.41, 5.74) is 1.33. The fourth-order valence-corrected chi connectivity index (χ4v) is 2.03. The van der Waals surface area contributed by atoms with Gasteiger partial charge >= 0.3 is 0 Å². The molecule has 0 unspecified atom stereocenters. The van der Waals surface area contributed by atoms with Gasteiger partial charge < -0.3 is 20.3 Å². The van der Waals surface area contributed by atoms with Crippen LogP contribution in [0.2, 0.25) is 0 Å². The Kier molecular flexibility index (Phi) is 10.1. The van der Waals surface area contributed by atoms with Gasteiger partial charge in [0.2, 0.25) is 0 Å². The molecule has 1 aromatic rings. The maximum Gasteiger partial charge on any atom is 0.191 e. The molecular weight excluding hydrogens is 276 g/mol. The Morgan fingerprint density at radius 2 is 1.95 bits per heavy atom. The molecule has 22 heavy (non-hydrogen) atoms. The number of ether oxygens (including phenoxy) is 1. The average Bonchev–Trinajstić information content (AvgIpc) is 2.52. The number of likely N-dealkylation sites (N-methyl/N-ethyl adjacent to an activating group) is 1. The Hall–Kier alpha value is -1.59. The van der Waals surface area contributed by atoms with E-state index in [1.807, 2.05) is 13.0 Å². The number of nitrogens with zero attached hydrogens (tertiary/aromatic N) is 2. The molecule has 124 valence electrons. The third-order valence-electron chi connectivity index (χ3n) is 3.13. The molecule has 0 saturated carbocycles. The zero-order chi connectivity index (χ0) is 16.0. The lowest BCUT2D eigenvalue weighted by atomic mass is 10.2. The third kappa shape index (κ3) is 8.64. The standard InChI is InChI=1S/C17H30N4O/c1-4-18-17(20-12-14-22-5-2)19-11-13-21(3)15-16-9-7-6-8-10-16/h6-10H,4-5,11-15H2,1-3H3,(H2,18,19,20). The van der Waals surface area contributed by atoms with Gasteiger partial charge in [-0.05, 0) is 26.5 Å². The van der Waals surface area contributed by atoms with Crippen molar-refractivity contribution in [2.45, 2.75) is 20.4 Å². The van der Waals surface area contributed by atoms with Crippen LogP contribution < -0.4 is 10.6 Å². The van der Waals surface area contributed by atoms with Crippen molar-refractivity contribution in [2.75, 3.05) is 46.4 Å². The first-order chi connectivity index (χ1) is 10.8. The van der Waals surface area contributed by atoms with Crippen LogP contribution in [0.3, 0.4) is 0 Å². The highest BCUT2D eigenvalue weighted by Gasteiger charge is 2.00. The molecule has 0 aliphatic rings. The summed E-state index contributed by atoms with van der Waals surface area (Å²) in [6.45, 7) is 9.81. The minimum Gasteiger partial charge on any atom is -0.380 e. The maximum atomic E-state index is 5.32. The first-order valence-corrected chi connectivity index (χ1v) is 8.08. The second-order valence-corrected chi connectivity index (χ2v) is 5.11. The molecule has 0 heterocycles. The van der Waals surface area contributed by atoms with Crippen molar-refractivity contribution >= 4 is 5.96 Å². The van der Waals surface area contributed by atoms with E-state index >= 15 is 0 Å². The van der Waals surface area contributed by atoms with Crippen LogP contribution in [0.5, 0.6) is 0 Å². The normalized spacial score (nSPS) is 11.7. The van der Waals surface area contributed by atoms with Crippen molar-refractivity contribution in [3.05, 3.63) is 35.9 Å². The number of hydrogen-bond donors (Lipinski definition) is 2. The van der Waals surface area contributed by atoms with Crippen molar-refractivity contribution < 1.29 is 4.74 Å². The molecular formula is C17H30N4O. The molecule has 0 fully saturated rings. The highest BCUT2D eigenvalue weighted by atomic mass is 16.5. The molecule has 0 aliphatic carbocycles. The summed E-state index contributed by atoms with van der Waals surface area (Å²) in [5, 5.41) is 6.52. The average molecular weight is 306 g/mol. The maximum absolute atomic E-state index is 5.32. The molecule has 1 aromatic carbocycles.